The molecule has 0 amide bonds. The van der Waals surface area contributed by atoms with Gasteiger partial charge in [0.2, 0.25) is 9.05 Å². The molecule has 6 heteroatoms. The van der Waals surface area contributed by atoms with Gasteiger partial charge in [-0.15, -0.1) is 0 Å². The van der Waals surface area contributed by atoms with Crippen LogP contribution in [0.2, 0.25) is 0 Å². The first-order chi connectivity index (χ1) is 6.47. The van der Waals surface area contributed by atoms with E-state index in [1.165, 1.54) is 0 Å². The van der Waals surface area contributed by atoms with Crippen molar-refractivity contribution in [3.63, 3.8) is 0 Å². The molecule has 4 nitrogen and oxygen atoms in total. The Labute approximate surface area is 87.3 Å². The summed E-state index contributed by atoms with van der Waals surface area (Å²) in [6.07, 6.45) is 2.93. The molecule has 0 unspecified atom stereocenters. The molecule has 0 spiro atoms. The molecule has 2 rings (SSSR count). The van der Waals surface area contributed by atoms with Crippen LogP contribution in [0, 0.1) is 0 Å². The van der Waals surface area contributed by atoms with Gasteiger partial charge in [-0.25, -0.2) is 8.42 Å². The predicted octanol–water partition coefficient (Wildman–Crippen LogP) is 0.977. The zero-order valence-corrected chi connectivity index (χ0v) is 9.40. The molecule has 78 valence electrons. The maximum Gasteiger partial charge on any atom is 0.238 e. The zero-order valence-electron chi connectivity index (χ0n) is 7.83. The number of halogens is 1. The third-order valence-electron chi connectivity index (χ3n) is 2.51. The van der Waals surface area contributed by atoms with Gasteiger partial charge in [0.15, 0.2) is 0 Å². The number of aromatic nitrogens is 2. The largest absolute Gasteiger partial charge is 0.271 e. The minimum atomic E-state index is -3.48. The SMILES string of the molecule is Cn1nc2c(c1CS(=O)(=O)Cl)CCC2. The van der Waals surface area contributed by atoms with Crippen molar-refractivity contribution < 1.29 is 8.42 Å². The highest BCUT2D eigenvalue weighted by molar-refractivity contribution is 8.13. The van der Waals surface area contributed by atoms with Gasteiger partial charge in [0, 0.05) is 17.7 Å². The molecule has 1 aromatic heterocycles. The van der Waals surface area contributed by atoms with E-state index in [0.717, 1.165) is 36.2 Å². The molecule has 0 N–H and O–H groups in total. The Morgan fingerprint density at radius 2 is 2.21 bits per heavy atom. The summed E-state index contributed by atoms with van der Waals surface area (Å²) in [5.74, 6) is -0.118. The third-order valence-corrected chi connectivity index (χ3v) is 3.45. The van der Waals surface area contributed by atoms with Crippen LogP contribution < -0.4 is 0 Å². The number of fused-ring (bicyclic) bond motifs is 1. The molecule has 0 atom stereocenters. The Morgan fingerprint density at radius 1 is 1.50 bits per heavy atom. The summed E-state index contributed by atoms with van der Waals surface area (Å²) in [6.45, 7) is 0. The van der Waals surface area contributed by atoms with Crippen molar-refractivity contribution in [3.8, 4) is 0 Å². The maximum absolute atomic E-state index is 11.0. The van der Waals surface area contributed by atoms with Crippen LogP contribution in [0.5, 0.6) is 0 Å². The quantitative estimate of drug-likeness (QED) is 0.717. The summed E-state index contributed by atoms with van der Waals surface area (Å²) >= 11 is 0. The highest BCUT2D eigenvalue weighted by Gasteiger charge is 2.23. The van der Waals surface area contributed by atoms with E-state index in [0.29, 0.717) is 0 Å². The normalized spacial score (nSPS) is 15.9. The first-order valence-corrected chi connectivity index (χ1v) is 6.91. The molecule has 14 heavy (non-hydrogen) atoms. The van der Waals surface area contributed by atoms with Crippen LogP contribution in [0.25, 0.3) is 0 Å². The topological polar surface area (TPSA) is 52.0 Å². The molecule has 1 aliphatic rings. The van der Waals surface area contributed by atoms with E-state index in [9.17, 15) is 8.42 Å². The van der Waals surface area contributed by atoms with Gasteiger partial charge in [-0.1, -0.05) is 0 Å². The number of rotatable bonds is 2. The predicted molar refractivity (Wildman–Crippen MR) is 53.7 cm³/mol. The molecule has 0 saturated carbocycles. The average molecular weight is 235 g/mol. The molecule has 0 radical (unpaired) electrons. The van der Waals surface area contributed by atoms with Gasteiger partial charge in [-0.05, 0) is 24.8 Å². The van der Waals surface area contributed by atoms with Gasteiger partial charge in [0.25, 0.3) is 0 Å². The number of hydrogen-bond acceptors (Lipinski definition) is 3. The molecule has 0 fully saturated rings. The summed E-state index contributed by atoms with van der Waals surface area (Å²) < 4.78 is 23.6. The van der Waals surface area contributed by atoms with Crippen LogP contribution in [-0.4, -0.2) is 18.2 Å². The van der Waals surface area contributed by atoms with Gasteiger partial charge in [-0.2, -0.15) is 5.10 Å². The van der Waals surface area contributed by atoms with Crippen molar-refractivity contribution >= 4 is 19.7 Å². The summed E-state index contributed by atoms with van der Waals surface area (Å²) in [6, 6.07) is 0. The maximum atomic E-state index is 11.0. The van der Waals surface area contributed by atoms with Crippen LogP contribution in [0.3, 0.4) is 0 Å². The highest BCUT2D eigenvalue weighted by Crippen LogP contribution is 2.26. The van der Waals surface area contributed by atoms with Gasteiger partial charge in [0.1, 0.15) is 5.75 Å². The summed E-state index contributed by atoms with van der Waals surface area (Å²) in [5.41, 5.74) is 2.85. The fourth-order valence-corrected chi connectivity index (χ4v) is 2.93. The van der Waals surface area contributed by atoms with Crippen molar-refractivity contribution in [1.29, 1.82) is 0 Å². The van der Waals surface area contributed by atoms with Crippen LogP contribution in [-0.2, 0) is 34.7 Å². The minimum absolute atomic E-state index is 0.118. The highest BCUT2D eigenvalue weighted by atomic mass is 35.7. The monoisotopic (exact) mass is 234 g/mol. The van der Waals surface area contributed by atoms with Crippen LogP contribution in [0.1, 0.15) is 23.4 Å². The molecular weight excluding hydrogens is 224 g/mol. The Morgan fingerprint density at radius 3 is 2.86 bits per heavy atom. The summed E-state index contributed by atoms with van der Waals surface area (Å²) in [5, 5.41) is 4.27. The Balaban J connectivity index is 2.43. The Hall–Kier alpha value is -0.550. The number of nitrogens with zero attached hydrogens (tertiary/aromatic N) is 2. The Bertz CT molecular complexity index is 464. The standard InChI is InChI=1S/C8H11ClN2O2S/c1-11-8(5-14(9,12)13)6-3-2-4-7(6)10-11/h2-5H2,1H3. The van der Waals surface area contributed by atoms with E-state index in [1.807, 2.05) is 0 Å². The fourth-order valence-electron chi connectivity index (χ4n) is 1.93. The first kappa shape index (κ1) is 9.98. The second-order valence-corrected chi connectivity index (χ2v) is 6.31. The third kappa shape index (κ3) is 1.79. The molecule has 0 aliphatic heterocycles. The second-order valence-electron chi connectivity index (χ2n) is 3.53. The zero-order chi connectivity index (χ0) is 10.3. The minimum Gasteiger partial charge on any atom is -0.271 e. The Kier molecular flexibility index (Phi) is 2.31. The molecule has 1 aromatic rings. The van der Waals surface area contributed by atoms with Gasteiger partial charge in [-0.3, -0.25) is 4.68 Å². The lowest BCUT2D eigenvalue weighted by Crippen LogP contribution is -2.05. The number of aryl methyl sites for hydroxylation is 2. The van der Waals surface area contributed by atoms with E-state index >= 15 is 0 Å². The smallest absolute Gasteiger partial charge is 0.238 e. The fraction of sp³-hybridized carbons (Fsp3) is 0.625. The van der Waals surface area contributed by atoms with Crippen molar-refractivity contribution in [2.24, 2.45) is 7.05 Å². The lowest BCUT2D eigenvalue weighted by atomic mass is 10.2. The van der Waals surface area contributed by atoms with E-state index in [1.54, 1.807) is 11.7 Å². The first-order valence-electron chi connectivity index (χ1n) is 4.43. The molecule has 0 aromatic carbocycles. The summed E-state index contributed by atoms with van der Waals surface area (Å²) in [7, 11) is 3.51. The van der Waals surface area contributed by atoms with E-state index in [4.69, 9.17) is 10.7 Å². The van der Waals surface area contributed by atoms with Crippen LogP contribution >= 0.6 is 10.7 Å². The van der Waals surface area contributed by atoms with Crippen LogP contribution in [0.4, 0.5) is 0 Å². The van der Waals surface area contributed by atoms with Gasteiger partial charge >= 0.3 is 0 Å². The molecule has 0 saturated heterocycles. The van der Waals surface area contributed by atoms with Gasteiger partial charge in [0.05, 0.1) is 11.4 Å². The van der Waals surface area contributed by atoms with Crippen molar-refractivity contribution in [2.45, 2.75) is 25.0 Å². The van der Waals surface area contributed by atoms with E-state index in [-0.39, 0.29) is 5.75 Å². The second kappa shape index (κ2) is 3.24. The summed E-state index contributed by atoms with van der Waals surface area (Å²) in [4.78, 5) is 0. The van der Waals surface area contributed by atoms with Crippen molar-refractivity contribution in [2.75, 3.05) is 0 Å². The molecule has 0 bridgehead atoms. The van der Waals surface area contributed by atoms with E-state index < -0.39 is 9.05 Å². The van der Waals surface area contributed by atoms with Crippen LogP contribution in [0.15, 0.2) is 0 Å². The molecule has 1 heterocycles. The van der Waals surface area contributed by atoms with Crippen molar-refractivity contribution in [3.05, 3.63) is 17.0 Å². The number of hydrogen-bond donors (Lipinski definition) is 0. The van der Waals surface area contributed by atoms with Gasteiger partial charge < -0.3 is 0 Å². The average Bonchev–Trinajstić information content (AvgIpc) is 2.54. The lowest BCUT2D eigenvalue weighted by molar-refractivity contribution is 0.604. The van der Waals surface area contributed by atoms with E-state index in [2.05, 4.69) is 5.10 Å². The lowest BCUT2D eigenvalue weighted by Gasteiger charge is -2.01. The van der Waals surface area contributed by atoms with Crippen molar-refractivity contribution in [1.82, 2.24) is 9.78 Å². The molecular formula is C8H11ClN2O2S. The molecule has 1 aliphatic carbocycles.